The van der Waals surface area contributed by atoms with E-state index in [0.29, 0.717) is 31.7 Å². The van der Waals surface area contributed by atoms with Gasteiger partial charge in [0, 0.05) is 22.3 Å². The highest BCUT2D eigenvalue weighted by atomic mass is 35.5. The van der Waals surface area contributed by atoms with Crippen molar-refractivity contribution >= 4 is 46.6 Å². The number of methoxy groups -OCH3 is 1. The Hall–Kier alpha value is -2.25. The Bertz CT molecular complexity index is 1410. The van der Waals surface area contributed by atoms with Crippen LogP contribution in [0.3, 0.4) is 0 Å². The van der Waals surface area contributed by atoms with Crippen LogP contribution in [0.5, 0.6) is 5.75 Å². The van der Waals surface area contributed by atoms with Crippen molar-refractivity contribution < 1.29 is 13.5 Å². The predicted molar refractivity (Wildman–Crippen MR) is 144 cm³/mol. The fourth-order valence-corrected chi connectivity index (χ4v) is 5.62. The van der Waals surface area contributed by atoms with E-state index in [4.69, 9.17) is 44.5 Å². The molecule has 0 aliphatic heterocycles. The smallest absolute Gasteiger partial charge is 0.173 e. The highest BCUT2D eigenvalue weighted by molar-refractivity contribution is 7.98. The summed E-state index contributed by atoms with van der Waals surface area (Å²) in [7, 11) is 1.43. The largest absolute Gasteiger partial charge is 0.494 e. The summed E-state index contributed by atoms with van der Waals surface area (Å²) in [6.45, 7) is 4.18. The molecule has 1 unspecified atom stereocenters. The van der Waals surface area contributed by atoms with Gasteiger partial charge in [0.05, 0.1) is 34.7 Å². The van der Waals surface area contributed by atoms with Crippen LogP contribution in [0.25, 0.3) is 5.69 Å². The molecular weight excluding hydrogens is 545 g/mol. The van der Waals surface area contributed by atoms with Gasteiger partial charge < -0.3 is 4.74 Å². The van der Waals surface area contributed by atoms with Crippen molar-refractivity contribution in [2.75, 3.05) is 7.11 Å². The van der Waals surface area contributed by atoms with Crippen LogP contribution in [0.15, 0.2) is 66.0 Å². The number of thioether (sulfide) groups is 1. The number of imidazole rings is 1. The minimum Gasteiger partial charge on any atom is -0.494 e. The monoisotopic (exact) mass is 566 g/mol. The van der Waals surface area contributed by atoms with E-state index in [2.05, 4.69) is 13.8 Å². The molecule has 36 heavy (non-hydrogen) atoms. The summed E-state index contributed by atoms with van der Waals surface area (Å²) in [4.78, 5) is 4.73. The van der Waals surface area contributed by atoms with Crippen LogP contribution in [0.1, 0.15) is 37.1 Å². The fourth-order valence-electron chi connectivity index (χ4n) is 4.02. The van der Waals surface area contributed by atoms with Crippen molar-refractivity contribution in [3.8, 4) is 11.4 Å². The number of benzene rings is 3. The van der Waals surface area contributed by atoms with Gasteiger partial charge >= 0.3 is 0 Å². The van der Waals surface area contributed by atoms with Crippen LogP contribution in [0.4, 0.5) is 8.78 Å². The summed E-state index contributed by atoms with van der Waals surface area (Å²) in [5.41, 5.74) is 2.80. The van der Waals surface area contributed by atoms with Gasteiger partial charge in [0.25, 0.3) is 0 Å². The van der Waals surface area contributed by atoms with Crippen molar-refractivity contribution in [2.45, 2.75) is 36.6 Å². The number of ether oxygens (including phenoxy) is 1. The number of hydrogen-bond donors (Lipinski definition) is 0. The van der Waals surface area contributed by atoms with Crippen LogP contribution in [-0.2, 0) is 11.2 Å². The van der Waals surface area contributed by atoms with Crippen molar-refractivity contribution in [2.24, 2.45) is 0 Å². The van der Waals surface area contributed by atoms with Gasteiger partial charge in [-0.3, -0.25) is 4.57 Å². The van der Waals surface area contributed by atoms with Crippen molar-refractivity contribution in [1.29, 1.82) is 0 Å². The van der Waals surface area contributed by atoms with E-state index in [1.54, 1.807) is 24.3 Å². The Labute approximate surface area is 228 Å². The molecule has 1 aromatic heterocycles. The highest BCUT2D eigenvalue weighted by Gasteiger charge is 2.33. The van der Waals surface area contributed by atoms with Crippen LogP contribution in [0.2, 0.25) is 15.1 Å². The number of rotatable bonds is 8. The van der Waals surface area contributed by atoms with Crippen LogP contribution >= 0.6 is 46.6 Å². The maximum absolute atomic E-state index is 14.3. The molecular formula is C27H23Cl3F2N2OS. The SMILES string of the molecule is CCC(C)(c1ccc(Cl)c(Cl)c1)c1cnc(SCc2ccc(F)cc2Cl)n1-c1ccc(F)c(OC)c1. The van der Waals surface area contributed by atoms with Gasteiger partial charge in [-0.2, -0.15) is 0 Å². The Morgan fingerprint density at radius 3 is 2.42 bits per heavy atom. The van der Waals surface area contributed by atoms with E-state index in [-0.39, 0.29) is 5.75 Å². The van der Waals surface area contributed by atoms with E-state index in [0.717, 1.165) is 23.2 Å². The molecule has 0 amide bonds. The Kier molecular flexibility index (Phi) is 8.20. The van der Waals surface area contributed by atoms with Crippen molar-refractivity contribution in [3.05, 3.63) is 104 Å². The lowest BCUT2D eigenvalue weighted by molar-refractivity contribution is 0.386. The standard InChI is InChI=1S/C27H23Cl3F2N2OS/c1-4-27(2,17-6-9-20(28)22(30)11-17)25-14-33-26(36-15-16-5-7-18(31)12-21(16)29)34(25)19-8-10-23(32)24(13-19)35-3/h5-14H,4,15H2,1-3H3. The zero-order valence-electron chi connectivity index (χ0n) is 19.8. The van der Waals surface area contributed by atoms with Gasteiger partial charge in [-0.15, -0.1) is 0 Å². The molecule has 0 saturated carbocycles. The molecule has 4 rings (SSSR count). The summed E-state index contributed by atoms with van der Waals surface area (Å²) < 4.78 is 35.0. The van der Waals surface area contributed by atoms with E-state index in [9.17, 15) is 8.78 Å². The summed E-state index contributed by atoms with van der Waals surface area (Å²) in [6, 6.07) is 14.6. The molecule has 188 valence electrons. The third-order valence-electron chi connectivity index (χ3n) is 6.32. The average molecular weight is 568 g/mol. The molecule has 3 nitrogen and oxygen atoms in total. The minimum atomic E-state index is -0.505. The maximum Gasteiger partial charge on any atom is 0.173 e. The quantitative estimate of drug-likeness (QED) is 0.199. The van der Waals surface area contributed by atoms with Gasteiger partial charge in [-0.05, 0) is 60.9 Å². The Morgan fingerprint density at radius 2 is 1.75 bits per heavy atom. The summed E-state index contributed by atoms with van der Waals surface area (Å²) in [5, 5.41) is 1.95. The van der Waals surface area contributed by atoms with Gasteiger partial charge in [-0.25, -0.2) is 13.8 Å². The van der Waals surface area contributed by atoms with Gasteiger partial charge in [-0.1, -0.05) is 65.6 Å². The minimum absolute atomic E-state index is 0.123. The summed E-state index contributed by atoms with van der Waals surface area (Å²) in [5.74, 6) is -0.268. The van der Waals surface area contributed by atoms with Gasteiger partial charge in [0.1, 0.15) is 5.82 Å². The zero-order chi connectivity index (χ0) is 26.0. The first-order valence-corrected chi connectivity index (χ1v) is 13.2. The topological polar surface area (TPSA) is 27.1 Å². The Balaban J connectivity index is 1.85. The second-order valence-electron chi connectivity index (χ2n) is 8.42. The maximum atomic E-state index is 14.3. The van der Waals surface area contributed by atoms with E-state index >= 15 is 0 Å². The molecule has 3 aromatic carbocycles. The normalized spacial score (nSPS) is 13.0. The van der Waals surface area contributed by atoms with E-state index < -0.39 is 17.0 Å². The van der Waals surface area contributed by atoms with Crippen molar-refractivity contribution in [1.82, 2.24) is 9.55 Å². The highest BCUT2D eigenvalue weighted by Crippen LogP contribution is 2.41. The second kappa shape index (κ2) is 11.0. The first-order valence-electron chi connectivity index (χ1n) is 11.1. The summed E-state index contributed by atoms with van der Waals surface area (Å²) in [6.07, 6.45) is 2.54. The second-order valence-corrected chi connectivity index (χ2v) is 10.6. The first kappa shape index (κ1) is 26.8. The molecule has 0 fully saturated rings. The molecule has 0 radical (unpaired) electrons. The van der Waals surface area contributed by atoms with Crippen LogP contribution < -0.4 is 4.74 Å². The molecule has 0 bridgehead atoms. The molecule has 0 aliphatic carbocycles. The molecule has 0 N–H and O–H groups in total. The average Bonchev–Trinajstić information content (AvgIpc) is 3.29. The fraction of sp³-hybridized carbons (Fsp3) is 0.222. The predicted octanol–water partition coefficient (Wildman–Crippen LogP) is 9.13. The lowest BCUT2D eigenvalue weighted by atomic mass is 9.77. The molecule has 1 atom stereocenters. The number of aromatic nitrogens is 2. The lowest BCUT2D eigenvalue weighted by Crippen LogP contribution is -2.26. The molecule has 0 spiro atoms. The number of hydrogen-bond acceptors (Lipinski definition) is 3. The molecule has 4 aromatic rings. The zero-order valence-corrected chi connectivity index (χ0v) is 22.9. The molecule has 0 aliphatic rings. The lowest BCUT2D eigenvalue weighted by Gasteiger charge is -2.31. The van der Waals surface area contributed by atoms with Crippen molar-refractivity contribution in [3.63, 3.8) is 0 Å². The van der Waals surface area contributed by atoms with Gasteiger partial charge in [0.2, 0.25) is 0 Å². The van der Waals surface area contributed by atoms with Gasteiger partial charge in [0.15, 0.2) is 16.7 Å². The van der Waals surface area contributed by atoms with Crippen LogP contribution in [-0.4, -0.2) is 16.7 Å². The first-order chi connectivity index (χ1) is 17.2. The van der Waals surface area contributed by atoms with Crippen LogP contribution in [0, 0.1) is 11.6 Å². The molecule has 1 heterocycles. The Morgan fingerprint density at radius 1 is 0.972 bits per heavy atom. The van der Waals surface area contributed by atoms with E-state index in [1.807, 2.05) is 22.9 Å². The van der Waals surface area contributed by atoms with E-state index in [1.165, 1.54) is 37.1 Å². The molecule has 0 saturated heterocycles. The third-order valence-corrected chi connectivity index (χ3v) is 8.42. The summed E-state index contributed by atoms with van der Waals surface area (Å²) >= 11 is 20.3. The number of nitrogens with zero attached hydrogens (tertiary/aromatic N) is 2. The molecule has 9 heteroatoms. The number of halogens is 5. The third kappa shape index (κ3) is 5.23.